The van der Waals surface area contributed by atoms with E-state index < -0.39 is 0 Å². The standard InChI is InChI=1S/C15H23N3/c1-2-6-12-11(5-1)8-9-13-15(12)17-18-10-4-3-7-14(18)16-13/h11-12,14H,1-10H2. The molecule has 4 aliphatic rings. The average molecular weight is 245 g/mol. The number of fused-ring (bicyclic) bond motifs is 4. The lowest BCUT2D eigenvalue weighted by Gasteiger charge is -2.42. The molecule has 2 saturated carbocycles. The van der Waals surface area contributed by atoms with Crippen molar-refractivity contribution in [1.29, 1.82) is 0 Å². The maximum absolute atomic E-state index is 5.03. The van der Waals surface area contributed by atoms with Gasteiger partial charge in [0.15, 0.2) is 0 Å². The van der Waals surface area contributed by atoms with Gasteiger partial charge >= 0.3 is 0 Å². The minimum absolute atomic E-state index is 0.387. The molecule has 0 amide bonds. The molecule has 3 fully saturated rings. The van der Waals surface area contributed by atoms with E-state index in [1.165, 1.54) is 69.2 Å². The first-order chi connectivity index (χ1) is 8.92. The van der Waals surface area contributed by atoms with Crippen LogP contribution in [0, 0.1) is 11.8 Å². The van der Waals surface area contributed by atoms with Crippen LogP contribution in [-0.4, -0.2) is 29.1 Å². The van der Waals surface area contributed by atoms with Gasteiger partial charge in [-0.05, 0) is 50.9 Å². The van der Waals surface area contributed by atoms with Gasteiger partial charge in [-0.3, -0.25) is 10.0 Å². The Morgan fingerprint density at radius 3 is 2.83 bits per heavy atom. The van der Waals surface area contributed by atoms with E-state index in [1.807, 2.05) is 0 Å². The Labute approximate surface area is 109 Å². The largest absolute Gasteiger partial charge is 0.272 e. The maximum atomic E-state index is 5.03. The van der Waals surface area contributed by atoms with Crippen molar-refractivity contribution >= 4 is 11.4 Å². The predicted octanol–water partition coefficient (Wildman–Crippen LogP) is 3.21. The van der Waals surface area contributed by atoms with E-state index in [4.69, 9.17) is 10.1 Å². The fourth-order valence-electron chi connectivity index (χ4n) is 4.30. The quantitative estimate of drug-likeness (QED) is 0.644. The Bertz CT molecular complexity index is 399. The van der Waals surface area contributed by atoms with Crippen molar-refractivity contribution in [1.82, 2.24) is 5.01 Å². The van der Waals surface area contributed by atoms with Crippen LogP contribution in [-0.2, 0) is 0 Å². The topological polar surface area (TPSA) is 28.0 Å². The third-order valence-corrected chi connectivity index (χ3v) is 5.29. The van der Waals surface area contributed by atoms with Crippen LogP contribution in [0.15, 0.2) is 10.1 Å². The molecule has 2 heterocycles. The van der Waals surface area contributed by atoms with E-state index in [2.05, 4.69) is 5.01 Å². The molecule has 0 aromatic carbocycles. The molecule has 3 atom stereocenters. The van der Waals surface area contributed by atoms with E-state index in [0.717, 1.165) is 18.4 Å². The minimum atomic E-state index is 0.387. The number of aliphatic imine (C=N–C) groups is 1. The number of hydrazone groups is 1. The third kappa shape index (κ3) is 1.70. The molecular formula is C15H23N3. The van der Waals surface area contributed by atoms with Crippen LogP contribution in [0.1, 0.15) is 57.8 Å². The summed E-state index contributed by atoms with van der Waals surface area (Å²) in [5.41, 5.74) is 2.77. The number of nitrogens with zero attached hydrogens (tertiary/aromatic N) is 3. The first-order valence-corrected chi connectivity index (χ1v) is 7.84. The number of hydrogen-bond acceptors (Lipinski definition) is 3. The number of rotatable bonds is 0. The molecule has 4 rings (SSSR count). The molecule has 3 heteroatoms. The second kappa shape index (κ2) is 4.36. The summed E-state index contributed by atoms with van der Waals surface area (Å²) in [4.78, 5) is 5.03. The minimum Gasteiger partial charge on any atom is -0.272 e. The van der Waals surface area contributed by atoms with Crippen LogP contribution in [0.3, 0.4) is 0 Å². The molecule has 0 bridgehead atoms. The van der Waals surface area contributed by atoms with E-state index in [-0.39, 0.29) is 0 Å². The van der Waals surface area contributed by atoms with Crippen molar-refractivity contribution in [2.75, 3.05) is 6.54 Å². The van der Waals surface area contributed by atoms with Gasteiger partial charge in [0.25, 0.3) is 0 Å². The number of piperidine rings is 1. The van der Waals surface area contributed by atoms with Crippen molar-refractivity contribution in [2.24, 2.45) is 21.9 Å². The lowest BCUT2D eigenvalue weighted by atomic mass is 9.69. The van der Waals surface area contributed by atoms with E-state index >= 15 is 0 Å². The lowest BCUT2D eigenvalue weighted by molar-refractivity contribution is 0.152. The summed E-state index contributed by atoms with van der Waals surface area (Å²) in [6, 6.07) is 0. The molecule has 0 aromatic rings. The first-order valence-electron chi connectivity index (χ1n) is 7.84. The van der Waals surface area contributed by atoms with Crippen LogP contribution >= 0.6 is 0 Å². The molecule has 0 radical (unpaired) electrons. The van der Waals surface area contributed by atoms with Crippen molar-refractivity contribution in [3.63, 3.8) is 0 Å². The summed E-state index contributed by atoms with van der Waals surface area (Å²) < 4.78 is 0. The highest BCUT2D eigenvalue weighted by atomic mass is 15.5. The van der Waals surface area contributed by atoms with E-state index in [0.29, 0.717) is 6.17 Å². The fraction of sp³-hybridized carbons (Fsp3) is 0.867. The summed E-state index contributed by atoms with van der Waals surface area (Å²) in [5.74, 6) is 1.66. The summed E-state index contributed by atoms with van der Waals surface area (Å²) >= 11 is 0. The summed E-state index contributed by atoms with van der Waals surface area (Å²) in [5, 5.41) is 7.32. The van der Waals surface area contributed by atoms with Gasteiger partial charge in [-0.1, -0.05) is 12.8 Å². The van der Waals surface area contributed by atoms with Gasteiger partial charge < -0.3 is 0 Å². The predicted molar refractivity (Wildman–Crippen MR) is 73.9 cm³/mol. The number of hydrogen-bond donors (Lipinski definition) is 0. The van der Waals surface area contributed by atoms with Crippen molar-refractivity contribution in [3.8, 4) is 0 Å². The molecule has 3 nitrogen and oxygen atoms in total. The second-order valence-electron chi connectivity index (χ2n) is 6.39. The average Bonchev–Trinajstić information content (AvgIpc) is 2.45. The molecule has 2 aliphatic heterocycles. The monoisotopic (exact) mass is 245 g/mol. The Morgan fingerprint density at radius 2 is 1.83 bits per heavy atom. The van der Waals surface area contributed by atoms with Crippen LogP contribution in [0.4, 0.5) is 0 Å². The lowest BCUT2D eigenvalue weighted by Crippen LogP contribution is -2.46. The highest BCUT2D eigenvalue weighted by Gasteiger charge is 2.39. The van der Waals surface area contributed by atoms with Gasteiger partial charge in [-0.25, -0.2) is 0 Å². The van der Waals surface area contributed by atoms with Gasteiger partial charge in [0.2, 0.25) is 0 Å². The summed E-state index contributed by atoms with van der Waals surface area (Å²) in [6.45, 7) is 1.13. The van der Waals surface area contributed by atoms with Crippen molar-refractivity contribution in [3.05, 3.63) is 0 Å². The third-order valence-electron chi connectivity index (χ3n) is 5.29. The van der Waals surface area contributed by atoms with E-state index in [9.17, 15) is 0 Å². The molecule has 2 aliphatic carbocycles. The zero-order valence-corrected chi connectivity index (χ0v) is 11.1. The van der Waals surface area contributed by atoms with Gasteiger partial charge in [0, 0.05) is 12.5 Å². The molecule has 0 spiro atoms. The zero-order valence-electron chi connectivity index (χ0n) is 11.1. The van der Waals surface area contributed by atoms with Crippen molar-refractivity contribution < 1.29 is 0 Å². The highest BCUT2D eigenvalue weighted by Crippen LogP contribution is 2.40. The normalized spacial score (nSPS) is 39.1. The Kier molecular flexibility index (Phi) is 2.66. The van der Waals surface area contributed by atoms with Crippen LogP contribution in [0.25, 0.3) is 0 Å². The molecular weight excluding hydrogens is 222 g/mol. The van der Waals surface area contributed by atoms with E-state index in [1.54, 1.807) is 0 Å². The molecule has 18 heavy (non-hydrogen) atoms. The molecule has 3 unspecified atom stereocenters. The van der Waals surface area contributed by atoms with Gasteiger partial charge in [0.05, 0.1) is 11.4 Å². The second-order valence-corrected chi connectivity index (χ2v) is 6.39. The van der Waals surface area contributed by atoms with Gasteiger partial charge in [0.1, 0.15) is 6.17 Å². The summed E-state index contributed by atoms with van der Waals surface area (Å²) in [7, 11) is 0. The van der Waals surface area contributed by atoms with Crippen LogP contribution in [0.2, 0.25) is 0 Å². The Morgan fingerprint density at radius 1 is 0.944 bits per heavy atom. The Hall–Kier alpha value is -0.860. The van der Waals surface area contributed by atoms with Gasteiger partial charge in [-0.15, -0.1) is 0 Å². The van der Waals surface area contributed by atoms with Crippen molar-refractivity contribution in [2.45, 2.75) is 64.0 Å². The highest BCUT2D eigenvalue weighted by molar-refractivity contribution is 6.43. The van der Waals surface area contributed by atoms with Crippen LogP contribution < -0.4 is 0 Å². The maximum Gasteiger partial charge on any atom is 0.137 e. The molecule has 98 valence electrons. The smallest absolute Gasteiger partial charge is 0.137 e. The first kappa shape index (κ1) is 11.0. The molecule has 1 saturated heterocycles. The molecule has 0 N–H and O–H groups in total. The SMILES string of the molecule is C1CCC2C3=NN4CCCCC4N=C3CCC2C1. The Balaban J connectivity index is 1.64. The zero-order chi connectivity index (χ0) is 11.9. The molecule has 0 aromatic heterocycles. The summed E-state index contributed by atoms with van der Waals surface area (Å²) in [6.07, 6.45) is 12.4. The van der Waals surface area contributed by atoms with Crippen LogP contribution in [0.5, 0.6) is 0 Å². The fourth-order valence-corrected chi connectivity index (χ4v) is 4.30. The van der Waals surface area contributed by atoms with Gasteiger partial charge in [-0.2, -0.15) is 5.10 Å².